The number of aliphatic hydroxyl groups is 1. The highest BCUT2D eigenvalue weighted by Gasteiger charge is 2.32. The van der Waals surface area contributed by atoms with Crippen molar-refractivity contribution >= 4 is 0 Å². The molecular formula is C15H20N2O. The van der Waals surface area contributed by atoms with Gasteiger partial charge in [0.15, 0.2) is 0 Å². The van der Waals surface area contributed by atoms with E-state index in [0.717, 1.165) is 25.1 Å². The number of likely N-dealkylation sites (tertiary alicyclic amines) is 1. The molecule has 2 rings (SSSR count). The molecular weight excluding hydrogens is 224 g/mol. The zero-order valence-corrected chi connectivity index (χ0v) is 10.8. The number of hydrogen-bond donors (Lipinski definition) is 1. The van der Waals surface area contributed by atoms with Crippen LogP contribution in [-0.4, -0.2) is 35.7 Å². The second-order valence-corrected chi connectivity index (χ2v) is 5.10. The molecule has 1 aromatic carbocycles. The summed E-state index contributed by atoms with van der Waals surface area (Å²) < 4.78 is 0. The minimum atomic E-state index is -0.106. The number of nitriles is 1. The number of nitrogens with zero attached hydrogens (tertiary/aromatic N) is 2. The van der Waals surface area contributed by atoms with Crippen LogP contribution in [0, 0.1) is 17.2 Å². The minimum absolute atomic E-state index is 0.106. The Kier molecular flexibility index (Phi) is 4.35. The third-order valence-corrected chi connectivity index (χ3v) is 3.96. The third-order valence-electron chi connectivity index (χ3n) is 3.96. The van der Waals surface area contributed by atoms with E-state index in [1.165, 1.54) is 0 Å². The molecule has 1 aliphatic heterocycles. The normalized spacial score (nSPS) is 25.8. The van der Waals surface area contributed by atoms with Gasteiger partial charge in [0, 0.05) is 12.6 Å². The van der Waals surface area contributed by atoms with Crippen LogP contribution in [0.25, 0.3) is 0 Å². The molecule has 0 aliphatic carbocycles. The van der Waals surface area contributed by atoms with E-state index in [-0.39, 0.29) is 18.6 Å². The Morgan fingerprint density at radius 2 is 2.17 bits per heavy atom. The molecule has 1 saturated heterocycles. The first-order chi connectivity index (χ1) is 8.76. The van der Waals surface area contributed by atoms with Crippen molar-refractivity contribution in [1.29, 1.82) is 5.26 Å². The van der Waals surface area contributed by atoms with E-state index in [1.54, 1.807) is 0 Å². The molecule has 3 nitrogen and oxygen atoms in total. The van der Waals surface area contributed by atoms with E-state index >= 15 is 0 Å². The van der Waals surface area contributed by atoms with Gasteiger partial charge in [0.05, 0.1) is 18.6 Å². The first-order valence-electron chi connectivity index (χ1n) is 6.55. The fourth-order valence-electron chi connectivity index (χ4n) is 2.75. The lowest BCUT2D eigenvalue weighted by Gasteiger charge is -2.26. The second kappa shape index (κ2) is 5.99. The van der Waals surface area contributed by atoms with Gasteiger partial charge in [0.1, 0.15) is 0 Å². The van der Waals surface area contributed by atoms with Crippen LogP contribution >= 0.6 is 0 Å². The number of benzene rings is 1. The maximum atomic E-state index is 9.44. The van der Waals surface area contributed by atoms with Crippen molar-refractivity contribution in [3.8, 4) is 6.07 Å². The summed E-state index contributed by atoms with van der Waals surface area (Å²) in [5.41, 5.74) is 1.07. The molecule has 0 saturated carbocycles. The summed E-state index contributed by atoms with van der Waals surface area (Å²) in [4.78, 5) is 2.26. The van der Waals surface area contributed by atoms with Gasteiger partial charge in [0.25, 0.3) is 0 Å². The monoisotopic (exact) mass is 244 g/mol. The van der Waals surface area contributed by atoms with Gasteiger partial charge in [-0.15, -0.1) is 0 Å². The van der Waals surface area contributed by atoms with Crippen LogP contribution in [0.1, 0.15) is 24.8 Å². The topological polar surface area (TPSA) is 47.3 Å². The summed E-state index contributed by atoms with van der Waals surface area (Å²) in [6.45, 7) is 4.06. The van der Waals surface area contributed by atoms with Crippen LogP contribution in [-0.2, 0) is 0 Å². The van der Waals surface area contributed by atoms with E-state index in [9.17, 15) is 10.4 Å². The first kappa shape index (κ1) is 13.1. The van der Waals surface area contributed by atoms with Crippen molar-refractivity contribution in [2.45, 2.75) is 25.3 Å². The molecule has 1 heterocycles. The molecule has 1 N–H and O–H groups in total. The first-order valence-corrected chi connectivity index (χ1v) is 6.55. The number of aliphatic hydroxyl groups excluding tert-OH is 1. The van der Waals surface area contributed by atoms with E-state index in [1.807, 2.05) is 30.3 Å². The van der Waals surface area contributed by atoms with Gasteiger partial charge in [-0.3, -0.25) is 4.90 Å². The van der Waals surface area contributed by atoms with Gasteiger partial charge < -0.3 is 5.11 Å². The Morgan fingerprint density at radius 1 is 1.44 bits per heavy atom. The molecule has 3 heteroatoms. The van der Waals surface area contributed by atoms with Crippen LogP contribution in [0.4, 0.5) is 0 Å². The molecule has 0 aromatic heterocycles. The van der Waals surface area contributed by atoms with Gasteiger partial charge in [-0.2, -0.15) is 5.26 Å². The molecule has 0 amide bonds. The summed E-state index contributed by atoms with van der Waals surface area (Å²) in [6.07, 6.45) is 1.11. The fraction of sp³-hybridized carbons (Fsp3) is 0.533. The molecule has 1 aromatic rings. The number of rotatable bonds is 4. The maximum absolute atomic E-state index is 9.44. The highest BCUT2D eigenvalue weighted by atomic mass is 16.3. The summed E-state index contributed by atoms with van der Waals surface area (Å²) in [5, 5.41) is 18.8. The summed E-state index contributed by atoms with van der Waals surface area (Å²) >= 11 is 0. The van der Waals surface area contributed by atoms with Crippen molar-refractivity contribution in [3.05, 3.63) is 35.9 Å². The third kappa shape index (κ3) is 2.72. The van der Waals surface area contributed by atoms with Crippen molar-refractivity contribution < 1.29 is 5.11 Å². The van der Waals surface area contributed by atoms with Gasteiger partial charge in [-0.25, -0.2) is 0 Å². The van der Waals surface area contributed by atoms with Gasteiger partial charge in [-0.1, -0.05) is 37.3 Å². The lowest BCUT2D eigenvalue weighted by Crippen LogP contribution is -2.37. The predicted molar refractivity (Wildman–Crippen MR) is 71.0 cm³/mol. The molecule has 1 aliphatic rings. The van der Waals surface area contributed by atoms with Crippen LogP contribution < -0.4 is 0 Å². The van der Waals surface area contributed by atoms with Crippen molar-refractivity contribution in [3.63, 3.8) is 0 Å². The van der Waals surface area contributed by atoms with E-state index < -0.39 is 0 Å². The average molecular weight is 244 g/mol. The average Bonchev–Trinajstić information content (AvgIpc) is 2.77. The smallest absolute Gasteiger partial charge is 0.0839 e. The lowest BCUT2D eigenvalue weighted by molar-refractivity contribution is 0.137. The van der Waals surface area contributed by atoms with Gasteiger partial charge >= 0.3 is 0 Å². The Balaban J connectivity index is 2.06. The van der Waals surface area contributed by atoms with E-state index in [0.29, 0.717) is 5.92 Å². The van der Waals surface area contributed by atoms with Crippen molar-refractivity contribution in [1.82, 2.24) is 4.90 Å². The largest absolute Gasteiger partial charge is 0.395 e. The van der Waals surface area contributed by atoms with Crippen LogP contribution in [0.3, 0.4) is 0 Å². The van der Waals surface area contributed by atoms with Crippen LogP contribution in [0.2, 0.25) is 0 Å². The molecule has 0 radical (unpaired) electrons. The van der Waals surface area contributed by atoms with Crippen molar-refractivity contribution in [2.24, 2.45) is 5.92 Å². The fourth-order valence-corrected chi connectivity index (χ4v) is 2.75. The Labute approximate surface area is 109 Å². The Morgan fingerprint density at radius 3 is 2.78 bits per heavy atom. The van der Waals surface area contributed by atoms with Gasteiger partial charge in [0.2, 0.25) is 0 Å². The SMILES string of the molecule is CC1CCN(CC(C#N)c2ccccc2)C1CO. The Hall–Kier alpha value is -1.37. The molecule has 18 heavy (non-hydrogen) atoms. The zero-order valence-electron chi connectivity index (χ0n) is 10.8. The summed E-state index contributed by atoms with van der Waals surface area (Å²) in [6, 6.07) is 12.5. The highest BCUT2D eigenvalue weighted by Crippen LogP contribution is 2.26. The minimum Gasteiger partial charge on any atom is -0.395 e. The number of hydrogen-bond acceptors (Lipinski definition) is 3. The highest BCUT2D eigenvalue weighted by molar-refractivity contribution is 5.25. The molecule has 1 fully saturated rings. The van der Waals surface area contributed by atoms with Crippen LogP contribution in [0.5, 0.6) is 0 Å². The molecule has 3 atom stereocenters. The lowest BCUT2D eigenvalue weighted by atomic mass is 9.99. The maximum Gasteiger partial charge on any atom is 0.0839 e. The van der Waals surface area contributed by atoms with E-state index in [4.69, 9.17) is 0 Å². The summed E-state index contributed by atoms with van der Waals surface area (Å²) in [5.74, 6) is 0.413. The standard InChI is InChI=1S/C15H20N2O/c1-12-7-8-17(15(12)11-18)10-14(9-16)13-5-3-2-4-6-13/h2-6,12,14-15,18H,7-8,10-11H2,1H3. The quantitative estimate of drug-likeness (QED) is 0.881. The Bertz CT molecular complexity index is 412. The molecule has 0 spiro atoms. The van der Waals surface area contributed by atoms with Crippen molar-refractivity contribution in [2.75, 3.05) is 19.7 Å². The predicted octanol–water partition coefficient (Wildman–Crippen LogP) is 2.00. The second-order valence-electron chi connectivity index (χ2n) is 5.10. The molecule has 0 bridgehead atoms. The molecule has 3 unspecified atom stereocenters. The summed E-state index contributed by atoms with van der Waals surface area (Å²) in [7, 11) is 0. The molecule has 96 valence electrons. The van der Waals surface area contributed by atoms with Crippen LogP contribution in [0.15, 0.2) is 30.3 Å². The van der Waals surface area contributed by atoms with E-state index in [2.05, 4.69) is 17.9 Å². The van der Waals surface area contributed by atoms with Gasteiger partial charge in [-0.05, 0) is 24.4 Å². The zero-order chi connectivity index (χ0) is 13.0.